The predicted octanol–water partition coefficient (Wildman–Crippen LogP) is 2.96. The number of hydrogen-bond donors (Lipinski definition) is 0. The summed E-state index contributed by atoms with van der Waals surface area (Å²) in [6.07, 6.45) is 11.4. The number of hydrogen-bond acceptors (Lipinski definition) is 1. The van der Waals surface area contributed by atoms with Gasteiger partial charge in [-0.05, 0) is 32.1 Å². The van der Waals surface area contributed by atoms with Crippen LogP contribution in [0.1, 0.15) is 39.0 Å². The van der Waals surface area contributed by atoms with Gasteiger partial charge in [-0.15, -0.1) is 0 Å². The highest BCUT2D eigenvalue weighted by atomic mass is 16.1. The number of rotatable bonds is 3. The molecule has 0 aromatic carbocycles. The lowest BCUT2D eigenvalue weighted by molar-refractivity contribution is -0.113. The summed E-state index contributed by atoms with van der Waals surface area (Å²) >= 11 is 0. The maximum atomic E-state index is 10.7. The summed E-state index contributed by atoms with van der Waals surface area (Å²) in [6.45, 7) is 2.04. The smallest absolute Gasteiger partial charge is 0.123 e. The van der Waals surface area contributed by atoms with Crippen LogP contribution >= 0.6 is 0 Å². The molecule has 1 aliphatic carbocycles. The first-order valence-electron chi connectivity index (χ1n) is 4.95. The summed E-state index contributed by atoms with van der Waals surface area (Å²) in [5.74, 6) is 0.974. The summed E-state index contributed by atoms with van der Waals surface area (Å²) < 4.78 is 0. The van der Waals surface area contributed by atoms with Crippen molar-refractivity contribution in [2.75, 3.05) is 0 Å². The minimum absolute atomic E-state index is 0.343. The van der Waals surface area contributed by atoms with E-state index in [9.17, 15) is 4.79 Å². The molecule has 1 aliphatic rings. The SMILES string of the molecule is C/C=C/CC1CCCCC1C=O. The molecule has 2 atom stereocenters. The van der Waals surface area contributed by atoms with Gasteiger partial charge in [0.25, 0.3) is 0 Å². The lowest BCUT2D eigenvalue weighted by atomic mass is 9.78. The molecule has 0 radical (unpaired) electrons. The Morgan fingerprint density at radius 2 is 2.08 bits per heavy atom. The van der Waals surface area contributed by atoms with Crippen molar-refractivity contribution in [1.29, 1.82) is 0 Å². The first-order valence-corrected chi connectivity index (χ1v) is 4.95. The molecule has 1 nitrogen and oxygen atoms in total. The lowest BCUT2D eigenvalue weighted by Gasteiger charge is -2.26. The summed E-state index contributed by atoms with van der Waals surface area (Å²) in [6, 6.07) is 0. The second-order valence-electron chi connectivity index (χ2n) is 3.65. The zero-order valence-corrected chi connectivity index (χ0v) is 7.83. The van der Waals surface area contributed by atoms with Gasteiger partial charge < -0.3 is 4.79 Å². The zero-order chi connectivity index (χ0) is 8.81. The molecular formula is C11H18O. The van der Waals surface area contributed by atoms with E-state index in [1.165, 1.54) is 19.3 Å². The van der Waals surface area contributed by atoms with E-state index in [1.807, 2.05) is 6.92 Å². The Kier molecular flexibility index (Phi) is 4.06. The molecule has 68 valence electrons. The van der Waals surface area contributed by atoms with Gasteiger partial charge in [-0.3, -0.25) is 0 Å². The van der Waals surface area contributed by atoms with Crippen LogP contribution in [0.3, 0.4) is 0 Å². The molecule has 0 aliphatic heterocycles. The van der Waals surface area contributed by atoms with E-state index in [1.54, 1.807) is 0 Å². The van der Waals surface area contributed by atoms with Gasteiger partial charge >= 0.3 is 0 Å². The van der Waals surface area contributed by atoms with E-state index in [-0.39, 0.29) is 0 Å². The summed E-state index contributed by atoms with van der Waals surface area (Å²) in [4.78, 5) is 10.7. The van der Waals surface area contributed by atoms with Gasteiger partial charge in [0.15, 0.2) is 0 Å². The molecule has 0 heterocycles. The molecule has 12 heavy (non-hydrogen) atoms. The minimum atomic E-state index is 0.343. The highest BCUT2D eigenvalue weighted by molar-refractivity contribution is 5.54. The van der Waals surface area contributed by atoms with Crippen LogP contribution in [0.25, 0.3) is 0 Å². The third-order valence-electron chi connectivity index (χ3n) is 2.82. The van der Waals surface area contributed by atoms with Crippen LogP contribution in [0.2, 0.25) is 0 Å². The highest BCUT2D eigenvalue weighted by Crippen LogP contribution is 2.31. The van der Waals surface area contributed by atoms with Crippen molar-refractivity contribution < 1.29 is 4.79 Å². The molecule has 0 bridgehead atoms. The molecule has 1 heteroatoms. The Labute approximate surface area is 74.9 Å². The van der Waals surface area contributed by atoms with E-state index in [0.29, 0.717) is 11.8 Å². The van der Waals surface area contributed by atoms with E-state index in [4.69, 9.17) is 0 Å². The highest BCUT2D eigenvalue weighted by Gasteiger charge is 2.22. The van der Waals surface area contributed by atoms with E-state index >= 15 is 0 Å². The zero-order valence-electron chi connectivity index (χ0n) is 7.83. The van der Waals surface area contributed by atoms with Gasteiger partial charge in [0.05, 0.1) is 0 Å². The fourth-order valence-electron chi connectivity index (χ4n) is 2.02. The van der Waals surface area contributed by atoms with Crippen LogP contribution in [0.4, 0.5) is 0 Å². The van der Waals surface area contributed by atoms with Crippen molar-refractivity contribution in [3.63, 3.8) is 0 Å². The van der Waals surface area contributed by atoms with Gasteiger partial charge in [0, 0.05) is 5.92 Å². The monoisotopic (exact) mass is 166 g/mol. The number of carbonyl (C=O) groups is 1. The predicted molar refractivity (Wildman–Crippen MR) is 50.9 cm³/mol. The van der Waals surface area contributed by atoms with Gasteiger partial charge in [0.2, 0.25) is 0 Å². The molecule has 1 saturated carbocycles. The molecule has 2 unspecified atom stereocenters. The van der Waals surface area contributed by atoms with Crippen LogP contribution in [-0.2, 0) is 4.79 Å². The third-order valence-corrected chi connectivity index (χ3v) is 2.82. The van der Waals surface area contributed by atoms with E-state index in [2.05, 4.69) is 12.2 Å². The lowest BCUT2D eigenvalue weighted by Crippen LogP contribution is -2.19. The first kappa shape index (κ1) is 9.50. The van der Waals surface area contributed by atoms with Crippen LogP contribution < -0.4 is 0 Å². The summed E-state index contributed by atoms with van der Waals surface area (Å²) in [5.41, 5.74) is 0. The van der Waals surface area contributed by atoms with Gasteiger partial charge in [0.1, 0.15) is 6.29 Å². The van der Waals surface area contributed by atoms with Gasteiger partial charge in [-0.2, -0.15) is 0 Å². The van der Waals surface area contributed by atoms with Crippen LogP contribution in [0.5, 0.6) is 0 Å². The fourth-order valence-corrected chi connectivity index (χ4v) is 2.02. The Morgan fingerprint density at radius 3 is 2.75 bits per heavy atom. The van der Waals surface area contributed by atoms with Gasteiger partial charge in [-0.1, -0.05) is 25.0 Å². The van der Waals surface area contributed by atoms with Crippen molar-refractivity contribution in [3.8, 4) is 0 Å². The molecule has 0 N–H and O–H groups in total. The first-order chi connectivity index (χ1) is 5.88. The molecule has 0 aromatic rings. The quantitative estimate of drug-likeness (QED) is 0.465. The number of carbonyl (C=O) groups excluding carboxylic acids is 1. The van der Waals surface area contributed by atoms with Gasteiger partial charge in [-0.25, -0.2) is 0 Å². The van der Waals surface area contributed by atoms with Crippen molar-refractivity contribution in [2.45, 2.75) is 39.0 Å². The van der Waals surface area contributed by atoms with E-state index < -0.39 is 0 Å². The molecule has 0 saturated heterocycles. The molecule has 0 amide bonds. The Bertz CT molecular complexity index is 160. The Morgan fingerprint density at radius 1 is 1.33 bits per heavy atom. The Balaban J connectivity index is 2.41. The van der Waals surface area contributed by atoms with Crippen molar-refractivity contribution in [3.05, 3.63) is 12.2 Å². The maximum absolute atomic E-state index is 10.7. The van der Waals surface area contributed by atoms with Crippen molar-refractivity contribution in [2.24, 2.45) is 11.8 Å². The van der Waals surface area contributed by atoms with Crippen LogP contribution in [0, 0.1) is 11.8 Å². The molecule has 0 spiro atoms. The second-order valence-corrected chi connectivity index (χ2v) is 3.65. The molecular weight excluding hydrogens is 148 g/mol. The molecule has 0 aromatic heterocycles. The largest absolute Gasteiger partial charge is 0.303 e. The normalized spacial score (nSPS) is 30.8. The number of aldehydes is 1. The standard InChI is InChI=1S/C11H18O/c1-2-3-6-10-7-4-5-8-11(10)9-12/h2-3,9-11H,4-8H2,1H3/b3-2+. The van der Waals surface area contributed by atoms with Crippen molar-refractivity contribution >= 4 is 6.29 Å². The van der Waals surface area contributed by atoms with Crippen LogP contribution in [-0.4, -0.2) is 6.29 Å². The molecule has 1 rings (SSSR count). The second kappa shape index (κ2) is 5.13. The average molecular weight is 166 g/mol. The van der Waals surface area contributed by atoms with Crippen LogP contribution in [0.15, 0.2) is 12.2 Å². The fraction of sp³-hybridized carbons (Fsp3) is 0.727. The molecule has 1 fully saturated rings. The number of allylic oxidation sites excluding steroid dienone is 2. The van der Waals surface area contributed by atoms with Crippen molar-refractivity contribution in [1.82, 2.24) is 0 Å². The maximum Gasteiger partial charge on any atom is 0.123 e. The average Bonchev–Trinajstić information content (AvgIpc) is 2.15. The van der Waals surface area contributed by atoms with E-state index in [0.717, 1.165) is 19.1 Å². The third kappa shape index (κ3) is 2.47. The Hall–Kier alpha value is -0.590. The topological polar surface area (TPSA) is 17.1 Å². The summed E-state index contributed by atoms with van der Waals surface area (Å²) in [7, 11) is 0. The minimum Gasteiger partial charge on any atom is -0.303 e. The summed E-state index contributed by atoms with van der Waals surface area (Å²) in [5, 5.41) is 0.